The third-order valence-corrected chi connectivity index (χ3v) is 5.69. The molecule has 0 spiro atoms. The van der Waals surface area contributed by atoms with E-state index in [1.54, 1.807) is 37.4 Å². The van der Waals surface area contributed by atoms with Crippen molar-refractivity contribution >= 4 is 23.3 Å². The molecule has 3 aromatic carbocycles. The molecule has 3 aromatic rings. The summed E-state index contributed by atoms with van der Waals surface area (Å²) < 4.78 is 18.6. The van der Waals surface area contributed by atoms with E-state index in [1.165, 1.54) is 12.1 Å². The molecule has 1 aliphatic rings. The summed E-state index contributed by atoms with van der Waals surface area (Å²) in [5.74, 6) is 0.198. The van der Waals surface area contributed by atoms with E-state index in [9.17, 15) is 14.3 Å². The summed E-state index contributed by atoms with van der Waals surface area (Å²) in [5.41, 5.74) is 2.83. The fourth-order valence-corrected chi connectivity index (χ4v) is 3.82. The smallest absolute Gasteiger partial charge is 0.335 e. The number of nitrogens with zero attached hydrogens (tertiary/aromatic N) is 3. The number of anilines is 2. The van der Waals surface area contributed by atoms with E-state index >= 15 is 0 Å². The highest BCUT2D eigenvalue weighted by molar-refractivity contribution is 5.96. The number of benzene rings is 3. The van der Waals surface area contributed by atoms with Gasteiger partial charge in [-0.3, -0.25) is 0 Å². The minimum atomic E-state index is -0.986. The fraction of sp³-hybridized carbons (Fsp3) is 0.231. The lowest BCUT2D eigenvalue weighted by atomic mass is 10.2. The predicted molar refractivity (Wildman–Crippen MR) is 131 cm³/mol. The molecule has 8 heteroatoms. The summed E-state index contributed by atoms with van der Waals surface area (Å²) in [4.78, 5) is 20.6. The van der Waals surface area contributed by atoms with Gasteiger partial charge in [0.25, 0.3) is 0 Å². The van der Waals surface area contributed by atoms with E-state index in [2.05, 4.69) is 21.2 Å². The molecule has 7 nitrogen and oxygen atoms in total. The van der Waals surface area contributed by atoms with Crippen LogP contribution in [0.4, 0.5) is 15.8 Å². The zero-order valence-corrected chi connectivity index (χ0v) is 18.9. The summed E-state index contributed by atoms with van der Waals surface area (Å²) in [5, 5.41) is 12.6. The summed E-state index contributed by atoms with van der Waals surface area (Å²) in [6.07, 6.45) is 0. The highest BCUT2D eigenvalue weighted by Gasteiger charge is 2.21. The van der Waals surface area contributed by atoms with Crippen molar-refractivity contribution in [1.29, 1.82) is 0 Å². The number of hydrogen-bond donors (Lipinski definition) is 2. The summed E-state index contributed by atoms with van der Waals surface area (Å²) >= 11 is 0. The van der Waals surface area contributed by atoms with E-state index < -0.39 is 5.97 Å². The van der Waals surface area contributed by atoms with Crippen LogP contribution in [0.5, 0.6) is 5.75 Å². The van der Waals surface area contributed by atoms with Gasteiger partial charge in [0.05, 0.1) is 19.2 Å². The van der Waals surface area contributed by atoms with Crippen molar-refractivity contribution in [3.8, 4) is 5.75 Å². The molecule has 0 atom stereocenters. The van der Waals surface area contributed by atoms with Gasteiger partial charge < -0.3 is 25.0 Å². The van der Waals surface area contributed by atoms with Crippen LogP contribution in [0.15, 0.2) is 77.8 Å². The predicted octanol–water partition coefficient (Wildman–Crippen LogP) is 4.32. The first-order valence-electron chi connectivity index (χ1n) is 11.0. The second-order valence-corrected chi connectivity index (χ2v) is 7.95. The van der Waals surface area contributed by atoms with Gasteiger partial charge in [-0.15, -0.1) is 0 Å². The molecule has 1 saturated heterocycles. The lowest BCUT2D eigenvalue weighted by molar-refractivity contribution is 0.0697. The van der Waals surface area contributed by atoms with Crippen LogP contribution in [0, 0.1) is 5.82 Å². The Bertz CT molecular complexity index is 1160. The molecule has 0 aliphatic carbocycles. The minimum Gasteiger partial charge on any atom is -0.497 e. The molecule has 0 aromatic heterocycles. The molecule has 2 N–H and O–H groups in total. The molecule has 0 bridgehead atoms. The molecular weight excluding hydrogens is 435 g/mol. The molecule has 1 fully saturated rings. The first kappa shape index (κ1) is 23.1. The normalized spacial score (nSPS) is 14.1. The standard InChI is InChI=1S/C26H27FN4O3/c1-34-24-7-3-6-23(17-24)30-12-14-31(15-13-30)26(28-18-19-8-10-21(27)11-9-19)29-22-5-2-4-20(16-22)25(32)33/h2-11,16-17H,12-15,18H2,1H3,(H,28,29)(H,32,33). The van der Waals surface area contributed by atoms with Crippen LogP contribution in [0.2, 0.25) is 0 Å². The monoisotopic (exact) mass is 462 g/mol. The minimum absolute atomic E-state index is 0.200. The highest BCUT2D eigenvalue weighted by Crippen LogP contribution is 2.22. The Hall–Kier alpha value is -4.07. The molecule has 1 heterocycles. The number of halogens is 1. The number of carboxylic acid groups (broad SMARTS) is 1. The van der Waals surface area contributed by atoms with Gasteiger partial charge in [-0.2, -0.15) is 0 Å². The Balaban J connectivity index is 1.51. The molecule has 0 amide bonds. The zero-order valence-electron chi connectivity index (χ0n) is 18.9. The number of aliphatic imine (C=N–C) groups is 1. The lowest BCUT2D eigenvalue weighted by Crippen LogP contribution is -2.50. The van der Waals surface area contributed by atoms with E-state index in [1.807, 2.05) is 24.3 Å². The van der Waals surface area contributed by atoms with Crippen LogP contribution in [-0.2, 0) is 6.54 Å². The number of nitrogens with one attached hydrogen (secondary N) is 1. The maximum atomic E-state index is 13.3. The number of carbonyl (C=O) groups is 1. The Morgan fingerprint density at radius 3 is 2.47 bits per heavy atom. The van der Waals surface area contributed by atoms with Gasteiger partial charge in [0, 0.05) is 43.6 Å². The van der Waals surface area contributed by atoms with Crippen molar-refractivity contribution in [2.45, 2.75) is 6.54 Å². The van der Waals surface area contributed by atoms with Crippen LogP contribution < -0.4 is 15.0 Å². The lowest BCUT2D eigenvalue weighted by Gasteiger charge is -2.38. The van der Waals surface area contributed by atoms with Crippen molar-refractivity contribution < 1.29 is 19.0 Å². The average molecular weight is 463 g/mol. The second kappa shape index (κ2) is 10.7. The van der Waals surface area contributed by atoms with Gasteiger partial charge in [-0.25, -0.2) is 14.2 Å². The molecule has 0 saturated carbocycles. The van der Waals surface area contributed by atoms with E-state index in [0.29, 0.717) is 18.2 Å². The van der Waals surface area contributed by atoms with Crippen LogP contribution >= 0.6 is 0 Å². The van der Waals surface area contributed by atoms with Crippen LogP contribution in [-0.4, -0.2) is 55.2 Å². The highest BCUT2D eigenvalue weighted by atomic mass is 19.1. The average Bonchev–Trinajstić information content (AvgIpc) is 2.88. The Labute approximate surface area is 198 Å². The molecular formula is C26H27FN4O3. The van der Waals surface area contributed by atoms with Gasteiger partial charge in [0.15, 0.2) is 5.96 Å². The van der Waals surface area contributed by atoms with E-state index in [-0.39, 0.29) is 11.4 Å². The molecule has 176 valence electrons. The third kappa shape index (κ3) is 5.83. The van der Waals surface area contributed by atoms with Gasteiger partial charge in [-0.1, -0.05) is 24.3 Å². The molecule has 4 rings (SSSR count). The van der Waals surface area contributed by atoms with Crippen LogP contribution in [0.3, 0.4) is 0 Å². The Morgan fingerprint density at radius 1 is 1.03 bits per heavy atom. The quantitative estimate of drug-likeness (QED) is 0.420. The Kier molecular flexibility index (Phi) is 7.27. The molecule has 34 heavy (non-hydrogen) atoms. The van der Waals surface area contributed by atoms with Crippen LogP contribution in [0.25, 0.3) is 0 Å². The number of rotatable bonds is 6. The van der Waals surface area contributed by atoms with Crippen molar-refractivity contribution in [2.24, 2.45) is 4.99 Å². The summed E-state index contributed by atoms with van der Waals surface area (Å²) in [6, 6.07) is 20.9. The van der Waals surface area contributed by atoms with Gasteiger partial charge in [-0.05, 0) is 48.0 Å². The molecule has 0 unspecified atom stereocenters. The van der Waals surface area contributed by atoms with Crippen molar-refractivity contribution in [2.75, 3.05) is 43.5 Å². The first-order chi connectivity index (χ1) is 16.5. The zero-order chi connectivity index (χ0) is 23.9. The second-order valence-electron chi connectivity index (χ2n) is 7.95. The fourth-order valence-electron chi connectivity index (χ4n) is 3.82. The van der Waals surface area contributed by atoms with Gasteiger partial charge in [0.2, 0.25) is 0 Å². The number of ether oxygens (including phenoxy) is 1. The number of methoxy groups -OCH3 is 1. The van der Waals surface area contributed by atoms with Gasteiger partial charge >= 0.3 is 5.97 Å². The maximum Gasteiger partial charge on any atom is 0.335 e. The summed E-state index contributed by atoms with van der Waals surface area (Å²) in [7, 11) is 1.66. The first-order valence-corrected chi connectivity index (χ1v) is 11.0. The number of carboxylic acids is 1. The maximum absolute atomic E-state index is 13.3. The van der Waals surface area contributed by atoms with Gasteiger partial charge in [0.1, 0.15) is 11.6 Å². The van der Waals surface area contributed by atoms with E-state index in [4.69, 9.17) is 9.73 Å². The van der Waals surface area contributed by atoms with Crippen molar-refractivity contribution in [3.63, 3.8) is 0 Å². The van der Waals surface area contributed by atoms with Crippen molar-refractivity contribution in [1.82, 2.24) is 4.90 Å². The summed E-state index contributed by atoms with van der Waals surface area (Å²) in [6.45, 7) is 3.41. The third-order valence-electron chi connectivity index (χ3n) is 5.69. The molecule has 0 radical (unpaired) electrons. The number of aromatic carboxylic acids is 1. The number of guanidine groups is 1. The number of hydrogen-bond acceptors (Lipinski definition) is 4. The topological polar surface area (TPSA) is 77.4 Å². The number of piperazine rings is 1. The van der Waals surface area contributed by atoms with Crippen molar-refractivity contribution in [3.05, 3.63) is 89.7 Å². The largest absolute Gasteiger partial charge is 0.497 e. The molecule has 1 aliphatic heterocycles. The van der Waals surface area contributed by atoms with E-state index in [0.717, 1.165) is 43.2 Å². The SMILES string of the molecule is COc1cccc(N2CCN(C(=NCc3ccc(F)cc3)Nc3cccc(C(=O)O)c3)CC2)c1. The van der Waals surface area contributed by atoms with Crippen LogP contribution in [0.1, 0.15) is 15.9 Å². The Morgan fingerprint density at radius 2 is 1.76 bits per heavy atom.